The Kier molecular flexibility index (Phi) is 11.4. The van der Waals surface area contributed by atoms with E-state index in [1.54, 1.807) is 0 Å². The SMILES string of the molecule is CCO[SiH2]C(N)CC.Cl. The maximum Gasteiger partial charge on any atom is 0.177 e. The van der Waals surface area contributed by atoms with Crippen LogP contribution in [0.4, 0.5) is 0 Å². The smallest absolute Gasteiger partial charge is 0.177 e. The van der Waals surface area contributed by atoms with E-state index in [0.29, 0.717) is 5.67 Å². The molecule has 0 aromatic rings. The van der Waals surface area contributed by atoms with E-state index in [1.165, 1.54) is 0 Å². The summed E-state index contributed by atoms with van der Waals surface area (Å²) in [5.41, 5.74) is 5.97. The quantitative estimate of drug-likeness (QED) is 0.612. The highest BCUT2D eigenvalue weighted by molar-refractivity contribution is 6.29. The molecule has 0 saturated heterocycles. The summed E-state index contributed by atoms with van der Waals surface area (Å²) in [5, 5.41) is 0. The minimum absolute atomic E-state index is 0. The summed E-state index contributed by atoms with van der Waals surface area (Å²) in [6.07, 6.45) is 1.06. The molecule has 0 fully saturated rings. The van der Waals surface area contributed by atoms with Crippen LogP contribution in [0.1, 0.15) is 20.3 Å². The van der Waals surface area contributed by atoms with Crippen molar-refractivity contribution in [1.82, 2.24) is 0 Å². The number of halogens is 1. The van der Waals surface area contributed by atoms with Gasteiger partial charge in [0.1, 0.15) is 0 Å². The second kappa shape index (κ2) is 8.43. The maximum absolute atomic E-state index is 5.60. The number of hydrogen-bond donors (Lipinski definition) is 1. The summed E-state index contributed by atoms with van der Waals surface area (Å²) < 4.78 is 5.20. The summed E-state index contributed by atoms with van der Waals surface area (Å²) in [5.74, 6) is 0. The molecule has 2 nitrogen and oxygen atoms in total. The van der Waals surface area contributed by atoms with Crippen LogP contribution < -0.4 is 5.73 Å². The highest BCUT2D eigenvalue weighted by Gasteiger charge is 1.96. The minimum Gasteiger partial charge on any atom is -0.423 e. The fraction of sp³-hybridized carbons (Fsp3) is 1.00. The molecule has 1 atom stereocenters. The van der Waals surface area contributed by atoms with Gasteiger partial charge in [0.25, 0.3) is 0 Å². The van der Waals surface area contributed by atoms with Crippen molar-refractivity contribution in [3.8, 4) is 0 Å². The van der Waals surface area contributed by atoms with Crippen molar-refractivity contribution in [2.45, 2.75) is 25.9 Å². The Balaban J connectivity index is 0. The third-order valence-corrected chi connectivity index (χ3v) is 2.71. The van der Waals surface area contributed by atoms with Crippen molar-refractivity contribution in [3.05, 3.63) is 0 Å². The summed E-state index contributed by atoms with van der Waals surface area (Å²) >= 11 is 0. The largest absolute Gasteiger partial charge is 0.423 e. The lowest BCUT2D eigenvalue weighted by atomic mass is 10.5. The maximum atomic E-state index is 5.60. The standard InChI is InChI=1S/C5H15NOSi.ClH/c1-3-5(6)8-7-4-2;/h5H,3-4,6,8H2,1-2H3;1H. The Morgan fingerprint density at radius 3 is 2.44 bits per heavy atom. The predicted octanol–water partition coefficient (Wildman–Crippen LogP) is 0.223. The van der Waals surface area contributed by atoms with Gasteiger partial charge in [0, 0.05) is 12.3 Å². The second-order valence-electron chi connectivity index (χ2n) is 1.83. The van der Waals surface area contributed by atoms with Crippen molar-refractivity contribution in [3.63, 3.8) is 0 Å². The van der Waals surface area contributed by atoms with E-state index < -0.39 is 0 Å². The van der Waals surface area contributed by atoms with Crippen molar-refractivity contribution in [2.75, 3.05) is 6.61 Å². The topological polar surface area (TPSA) is 35.2 Å². The van der Waals surface area contributed by atoms with Gasteiger partial charge in [-0.3, -0.25) is 0 Å². The first-order valence-corrected chi connectivity index (χ1v) is 4.54. The highest BCUT2D eigenvalue weighted by atomic mass is 35.5. The summed E-state index contributed by atoms with van der Waals surface area (Å²) in [7, 11) is -0.387. The first kappa shape index (κ1) is 12.1. The van der Waals surface area contributed by atoms with E-state index >= 15 is 0 Å². The van der Waals surface area contributed by atoms with E-state index in [2.05, 4.69) is 6.92 Å². The van der Waals surface area contributed by atoms with Crippen LogP contribution in [-0.4, -0.2) is 22.0 Å². The molecule has 0 rings (SSSR count). The van der Waals surface area contributed by atoms with Gasteiger partial charge in [0.2, 0.25) is 0 Å². The first-order valence-electron chi connectivity index (χ1n) is 3.14. The van der Waals surface area contributed by atoms with Gasteiger partial charge in [-0.2, -0.15) is 0 Å². The average molecular weight is 170 g/mol. The monoisotopic (exact) mass is 169 g/mol. The van der Waals surface area contributed by atoms with Gasteiger partial charge in [-0.05, 0) is 13.3 Å². The van der Waals surface area contributed by atoms with Crippen LogP contribution in [0.15, 0.2) is 0 Å². The van der Waals surface area contributed by atoms with E-state index in [-0.39, 0.29) is 22.2 Å². The number of rotatable bonds is 4. The van der Waals surface area contributed by atoms with Gasteiger partial charge in [-0.25, -0.2) is 0 Å². The van der Waals surface area contributed by atoms with Crippen molar-refractivity contribution < 1.29 is 4.43 Å². The Bertz CT molecular complexity index is 56.2. The van der Waals surface area contributed by atoms with Crippen molar-refractivity contribution in [1.29, 1.82) is 0 Å². The Labute approximate surface area is 65.5 Å². The zero-order valence-electron chi connectivity index (χ0n) is 6.09. The average Bonchev–Trinajstić information content (AvgIpc) is 1.83. The normalized spacial score (nSPS) is 13.7. The first-order chi connectivity index (χ1) is 3.81. The lowest BCUT2D eigenvalue weighted by Gasteiger charge is -2.05. The predicted molar refractivity (Wildman–Crippen MR) is 45.7 cm³/mol. The second-order valence-corrected chi connectivity index (χ2v) is 3.62. The molecule has 0 amide bonds. The molecule has 0 heterocycles. The summed E-state index contributed by atoms with van der Waals surface area (Å²) in [6, 6.07) is 0. The molecule has 0 radical (unpaired) electrons. The fourth-order valence-electron chi connectivity index (χ4n) is 0.387. The molecule has 9 heavy (non-hydrogen) atoms. The van der Waals surface area contributed by atoms with Crippen molar-refractivity contribution in [2.24, 2.45) is 5.73 Å². The molecule has 58 valence electrons. The minimum atomic E-state index is -0.387. The highest BCUT2D eigenvalue weighted by Crippen LogP contribution is 1.82. The lowest BCUT2D eigenvalue weighted by Crippen LogP contribution is -2.28. The van der Waals surface area contributed by atoms with Crippen LogP contribution in [-0.2, 0) is 4.43 Å². The fourth-order valence-corrected chi connectivity index (χ4v) is 1.16. The summed E-state index contributed by atoms with van der Waals surface area (Å²) in [4.78, 5) is 0. The van der Waals surface area contributed by atoms with Crippen LogP contribution in [0.25, 0.3) is 0 Å². The van der Waals surface area contributed by atoms with Gasteiger partial charge in [-0.1, -0.05) is 6.92 Å². The summed E-state index contributed by atoms with van der Waals surface area (Å²) in [6.45, 7) is 4.94. The lowest BCUT2D eigenvalue weighted by molar-refractivity contribution is 0.352. The van der Waals surface area contributed by atoms with Crippen LogP contribution >= 0.6 is 12.4 Å². The third kappa shape index (κ3) is 8.43. The molecule has 0 aliphatic heterocycles. The Hall–Kier alpha value is 0.427. The van der Waals surface area contributed by atoms with Crippen LogP contribution in [0.3, 0.4) is 0 Å². The molecule has 0 aromatic carbocycles. The molecule has 0 saturated carbocycles. The van der Waals surface area contributed by atoms with Gasteiger partial charge >= 0.3 is 0 Å². The zero-order valence-corrected chi connectivity index (χ0v) is 8.32. The molecule has 0 bridgehead atoms. The number of hydrogen-bond acceptors (Lipinski definition) is 2. The van der Waals surface area contributed by atoms with Gasteiger partial charge in [0.15, 0.2) is 9.76 Å². The molecule has 0 spiro atoms. The van der Waals surface area contributed by atoms with Gasteiger partial charge in [0.05, 0.1) is 0 Å². The van der Waals surface area contributed by atoms with E-state index in [1.807, 2.05) is 6.92 Å². The van der Waals surface area contributed by atoms with Gasteiger partial charge < -0.3 is 10.2 Å². The third-order valence-electron chi connectivity index (χ3n) is 1.06. The van der Waals surface area contributed by atoms with E-state index in [0.717, 1.165) is 13.0 Å². The molecule has 1 unspecified atom stereocenters. The Morgan fingerprint density at radius 2 is 2.11 bits per heavy atom. The van der Waals surface area contributed by atoms with E-state index in [9.17, 15) is 0 Å². The van der Waals surface area contributed by atoms with Crippen LogP contribution in [0.5, 0.6) is 0 Å². The number of nitrogens with two attached hydrogens (primary N) is 1. The zero-order chi connectivity index (χ0) is 6.41. The van der Waals surface area contributed by atoms with Gasteiger partial charge in [-0.15, -0.1) is 12.4 Å². The Morgan fingerprint density at radius 1 is 1.56 bits per heavy atom. The van der Waals surface area contributed by atoms with Crippen molar-refractivity contribution >= 4 is 22.2 Å². The molecule has 4 heteroatoms. The van der Waals surface area contributed by atoms with E-state index in [4.69, 9.17) is 10.2 Å². The molecule has 0 aliphatic rings. The molecule has 2 N–H and O–H groups in total. The van der Waals surface area contributed by atoms with Crippen LogP contribution in [0, 0.1) is 0 Å². The molecule has 0 aliphatic carbocycles. The molecular formula is C5H16ClNOSi. The molecule has 0 aromatic heterocycles. The molecular weight excluding hydrogens is 154 g/mol. The van der Waals surface area contributed by atoms with Crippen LogP contribution in [0.2, 0.25) is 0 Å².